The first-order chi connectivity index (χ1) is 16.7. The van der Waals surface area contributed by atoms with E-state index in [0.29, 0.717) is 4.90 Å². The number of aryl methyl sites for hydroxylation is 1. The fourth-order valence-electron chi connectivity index (χ4n) is 5.37. The molecule has 0 radical (unpaired) electrons. The van der Waals surface area contributed by atoms with Crippen molar-refractivity contribution in [3.8, 4) is 0 Å². The molecule has 1 aliphatic heterocycles. The van der Waals surface area contributed by atoms with Gasteiger partial charge in [0.15, 0.2) is 0 Å². The lowest BCUT2D eigenvalue weighted by Gasteiger charge is -2.39. The van der Waals surface area contributed by atoms with Crippen LogP contribution >= 0.6 is 46.0 Å². The summed E-state index contributed by atoms with van der Waals surface area (Å²) in [7, 11) is 0. The highest BCUT2D eigenvalue weighted by Gasteiger charge is 2.50. The zero-order valence-corrected chi connectivity index (χ0v) is 22.3. The van der Waals surface area contributed by atoms with Gasteiger partial charge in [0, 0.05) is 38.6 Å². The predicted molar refractivity (Wildman–Crippen MR) is 147 cm³/mol. The molecule has 35 heavy (non-hydrogen) atoms. The van der Waals surface area contributed by atoms with Crippen molar-refractivity contribution in [2.45, 2.75) is 40.8 Å². The van der Waals surface area contributed by atoms with Crippen LogP contribution in [-0.2, 0) is 0 Å². The molecule has 5 unspecified atom stereocenters. The van der Waals surface area contributed by atoms with Crippen LogP contribution in [0.2, 0.25) is 0 Å². The molecule has 7 nitrogen and oxygen atoms in total. The predicted octanol–water partition coefficient (Wildman–Crippen LogP) is 7.45. The van der Waals surface area contributed by atoms with Gasteiger partial charge in [-0.05, 0) is 76.7 Å². The minimum absolute atomic E-state index is 0.0285. The quantitative estimate of drug-likeness (QED) is 0.138. The third-order valence-corrected chi connectivity index (χ3v) is 9.62. The van der Waals surface area contributed by atoms with Crippen LogP contribution in [0.5, 0.6) is 0 Å². The number of rotatable bonds is 5. The fourth-order valence-corrected chi connectivity index (χ4v) is 8.11. The number of para-hydroxylation sites is 1. The van der Waals surface area contributed by atoms with Crippen LogP contribution < -0.4 is 5.32 Å². The molecule has 180 valence electrons. The zero-order chi connectivity index (χ0) is 24.9. The van der Waals surface area contributed by atoms with Crippen molar-refractivity contribution in [1.29, 1.82) is 0 Å². The van der Waals surface area contributed by atoms with Gasteiger partial charge in [-0.2, -0.15) is 0 Å². The number of non-ortho nitro benzene ring substituents is 1. The number of alkyl halides is 1. The number of benzene rings is 3. The van der Waals surface area contributed by atoms with Gasteiger partial charge in [0.1, 0.15) is 0 Å². The van der Waals surface area contributed by atoms with Gasteiger partial charge in [0.25, 0.3) is 11.4 Å². The number of halogens is 2. The molecule has 3 aromatic rings. The number of anilines is 1. The topological polar surface area (TPSA) is 98.3 Å². The summed E-state index contributed by atoms with van der Waals surface area (Å²) in [5.74, 6) is 0.172. The number of nitro groups is 2. The number of nitrogens with one attached hydrogen (secondary N) is 1. The summed E-state index contributed by atoms with van der Waals surface area (Å²) < 4.78 is 1.13. The molecule has 10 heteroatoms. The molecule has 1 saturated carbocycles. The summed E-state index contributed by atoms with van der Waals surface area (Å²) in [6.07, 6.45) is 0.758. The van der Waals surface area contributed by atoms with Crippen LogP contribution in [0.3, 0.4) is 0 Å². The summed E-state index contributed by atoms with van der Waals surface area (Å²) in [4.78, 5) is 22.6. The van der Waals surface area contributed by atoms with Crippen molar-refractivity contribution in [2.75, 3.05) is 5.32 Å². The molecular formula is C25H21ClIN3O4S. The van der Waals surface area contributed by atoms with Crippen LogP contribution in [0.15, 0.2) is 65.6 Å². The maximum Gasteiger partial charge on any atom is 0.282 e. The summed E-state index contributed by atoms with van der Waals surface area (Å²) in [5, 5.41) is 26.2. The highest BCUT2D eigenvalue weighted by molar-refractivity contribution is 14.1. The SMILES string of the molecule is Cc1cc(I)cc2c1NC(c1ccc([N+](=O)[O-])cc1)C1CC(Sc3ccccc3[N+](=O)[O-])C(Cl)C21. The monoisotopic (exact) mass is 621 g/mol. The first-order valence-electron chi connectivity index (χ1n) is 11.1. The van der Waals surface area contributed by atoms with Gasteiger partial charge < -0.3 is 5.32 Å². The third kappa shape index (κ3) is 4.49. The van der Waals surface area contributed by atoms with E-state index in [4.69, 9.17) is 11.6 Å². The van der Waals surface area contributed by atoms with E-state index in [1.54, 1.807) is 12.1 Å². The van der Waals surface area contributed by atoms with E-state index < -0.39 is 4.92 Å². The number of nitrogens with zero attached hydrogens (tertiary/aromatic N) is 2. The lowest BCUT2D eigenvalue weighted by atomic mass is 9.76. The molecule has 1 N–H and O–H groups in total. The third-order valence-electron chi connectivity index (χ3n) is 6.89. The van der Waals surface area contributed by atoms with E-state index >= 15 is 0 Å². The second kappa shape index (κ2) is 9.59. The molecule has 0 spiro atoms. The molecule has 1 fully saturated rings. The number of hydrogen-bond acceptors (Lipinski definition) is 6. The molecule has 5 rings (SSSR count). The van der Waals surface area contributed by atoms with Gasteiger partial charge in [0.05, 0.1) is 26.2 Å². The van der Waals surface area contributed by atoms with Crippen LogP contribution in [0.1, 0.15) is 35.1 Å². The number of hydrogen-bond donors (Lipinski definition) is 1. The van der Waals surface area contributed by atoms with Crippen LogP contribution in [0.25, 0.3) is 0 Å². The summed E-state index contributed by atoms with van der Waals surface area (Å²) in [5.41, 5.74) is 4.45. The largest absolute Gasteiger partial charge is 0.377 e. The molecule has 5 atom stereocenters. The van der Waals surface area contributed by atoms with Gasteiger partial charge >= 0.3 is 0 Å². The lowest BCUT2D eigenvalue weighted by molar-refractivity contribution is -0.387. The van der Waals surface area contributed by atoms with E-state index in [1.807, 2.05) is 18.2 Å². The maximum absolute atomic E-state index is 11.6. The smallest absolute Gasteiger partial charge is 0.282 e. The average Bonchev–Trinajstić information content (AvgIpc) is 3.15. The van der Waals surface area contributed by atoms with E-state index in [2.05, 4.69) is 47.0 Å². The van der Waals surface area contributed by atoms with E-state index in [-0.39, 0.29) is 44.8 Å². The average molecular weight is 622 g/mol. The molecule has 1 aliphatic carbocycles. The van der Waals surface area contributed by atoms with Crippen LogP contribution in [-0.4, -0.2) is 20.5 Å². The first-order valence-corrected chi connectivity index (χ1v) is 13.5. The number of nitro benzene ring substituents is 2. The number of fused-ring (bicyclic) bond motifs is 3. The molecule has 1 heterocycles. The highest BCUT2D eigenvalue weighted by Crippen LogP contribution is 2.58. The Morgan fingerprint density at radius 3 is 2.46 bits per heavy atom. The Bertz CT molecular complexity index is 1320. The normalized spacial score (nSPS) is 24.8. The van der Waals surface area contributed by atoms with E-state index in [0.717, 1.165) is 26.8 Å². The van der Waals surface area contributed by atoms with Crippen molar-refractivity contribution in [3.05, 3.63) is 101 Å². The van der Waals surface area contributed by atoms with Crippen molar-refractivity contribution in [3.63, 3.8) is 0 Å². The maximum atomic E-state index is 11.6. The molecule has 0 amide bonds. The van der Waals surface area contributed by atoms with Crippen LogP contribution in [0, 0.1) is 36.6 Å². The molecule has 3 aromatic carbocycles. The molecule has 0 saturated heterocycles. The second-order valence-corrected chi connectivity index (χ2v) is 11.9. The van der Waals surface area contributed by atoms with Crippen molar-refractivity contribution >= 4 is 63.0 Å². The Morgan fingerprint density at radius 1 is 1.06 bits per heavy atom. The van der Waals surface area contributed by atoms with Gasteiger partial charge in [-0.25, -0.2) is 0 Å². The molecule has 0 bridgehead atoms. The lowest BCUT2D eigenvalue weighted by Crippen LogP contribution is -2.31. The Hall–Kier alpha value is -2.37. The summed E-state index contributed by atoms with van der Waals surface area (Å²) >= 11 is 11.0. The van der Waals surface area contributed by atoms with Crippen LogP contribution in [0.4, 0.5) is 17.1 Å². The minimum atomic E-state index is -0.397. The summed E-state index contributed by atoms with van der Waals surface area (Å²) in [6.45, 7) is 2.07. The Morgan fingerprint density at radius 2 is 1.77 bits per heavy atom. The summed E-state index contributed by atoms with van der Waals surface area (Å²) in [6, 6.07) is 17.7. The van der Waals surface area contributed by atoms with Gasteiger partial charge in [-0.3, -0.25) is 20.2 Å². The standard InChI is InChI=1S/C25H21ClIN3O4S/c1-13-10-15(27)11-17-22-18(25(28-24(13)17)14-6-8-16(9-7-14)29(31)32)12-21(23(22)26)35-20-5-3-2-4-19(20)30(33)34/h2-11,18,21-23,25,28H,12H2,1H3. The van der Waals surface area contributed by atoms with Gasteiger partial charge in [0.2, 0.25) is 0 Å². The first kappa shape index (κ1) is 24.3. The fraction of sp³-hybridized carbons (Fsp3) is 0.280. The minimum Gasteiger partial charge on any atom is -0.377 e. The van der Waals surface area contributed by atoms with Crippen molar-refractivity contribution in [2.24, 2.45) is 5.92 Å². The van der Waals surface area contributed by atoms with Crippen molar-refractivity contribution < 1.29 is 9.85 Å². The Labute approximate surface area is 225 Å². The highest BCUT2D eigenvalue weighted by atomic mass is 127. The van der Waals surface area contributed by atoms with Gasteiger partial charge in [-0.1, -0.05) is 24.3 Å². The molecule has 0 aromatic heterocycles. The molecule has 2 aliphatic rings. The van der Waals surface area contributed by atoms with Crippen molar-refractivity contribution in [1.82, 2.24) is 0 Å². The Kier molecular flexibility index (Phi) is 6.67. The zero-order valence-electron chi connectivity index (χ0n) is 18.6. The Balaban J connectivity index is 1.55. The second-order valence-electron chi connectivity index (χ2n) is 8.91. The van der Waals surface area contributed by atoms with E-state index in [9.17, 15) is 20.2 Å². The van der Waals surface area contributed by atoms with E-state index in [1.165, 1.54) is 35.5 Å². The number of thioether (sulfide) groups is 1. The molecular weight excluding hydrogens is 601 g/mol. The van der Waals surface area contributed by atoms with Gasteiger partial charge in [-0.15, -0.1) is 23.4 Å².